The summed E-state index contributed by atoms with van der Waals surface area (Å²) in [6.07, 6.45) is -4.21. The molecule has 0 radical (unpaired) electrons. The number of amides is 1. The molecule has 4 rings (SSSR count). The molecule has 0 bridgehead atoms. The van der Waals surface area contributed by atoms with Gasteiger partial charge in [0.2, 0.25) is 11.1 Å². The van der Waals surface area contributed by atoms with E-state index in [0.717, 1.165) is 22.0 Å². The zero-order valence-electron chi connectivity index (χ0n) is 14.2. The summed E-state index contributed by atoms with van der Waals surface area (Å²) < 4.78 is 43.0. The first-order valence-corrected chi connectivity index (χ1v) is 9.15. The Balaban J connectivity index is 1.65. The molecule has 11 heteroatoms. The van der Waals surface area contributed by atoms with Crippen LogP contribution in [0.15, 0.2) is 29.4 Å². The van der Waals surface area contributed by atoms with Gasteiger partial charge in [-0.3, -0.25) is 4.79 Å². The molecule has 1 atom stereocenters. The van der Waals surface area contributed by atoms with Crippen molar-refractivity contribution < 1.29 is 18.0 Å². The zero-order valence-corrected chi connectivity index (χ0v) is 15.0. The molecule has 1 N–H and O–H groups in total. The van der Waals surface area contributed by atoms with Crippen molar-refractivity contribution in [2.24, 2.45) is 7.05 Å². The van der Waals surface area contributed by atoms with Crippen LogP contribution < -0.4 is 0 Å². The molecule has 27 heavy (non-hydrogen) atoms. The summed E-state index contributed by atoms with van der Waals surface area (Å²) >= 11 is 1.01. The van der Waals surface area contributed by atoms with Gasteiger partial charge in [0.25, 0.3) is 0 Å². The molecule has 0 fully saturated rings. The highest BCUT2D eigenvalue weighted by Gasteiger charge is 2.50. The first kappa shape index (κ1) is 17.8. The number of aryl methyl sites for hydroxylation is 1. The Morgan fingerprint density at radius 2 is 2.15 bits per heavy atom. The highest BCUT2D eigenvalue weighted by atomic mass is 32.2. The van der Waals surface area contributed by atoms with Crippen molar-refractivity contribution in [2.75, 3.05) is 12.3 Å². The fourth-order valence-electron chi connectivity index (χ4n) is 3.40. The van der Waals surface area contributed by atoms with E-state index in [9.17, 15) is 18.0 Å². The number of hydrogen-bond donors (Lipinski definition) is 1. The molecule has 0 saturated heterocycles. The van der Waals surface area contributed by atoms with Crippen molar-refractivity contribution in [3.63, 3.8) is 0 Å². The van der Waals surface area contributed by atoms with Gasteiger partial charge >= 0.3 is 6.18 Å². The molecule has 1 aliphatic heterocycles. The molecule has 0 unspecified atom stereocenters. The van der Waals surface area contributed by atoms with Crippen molar-refractivity contribution in [3.8, 4) is 0 Å². The molecule has 7 nitrogen and oxygen atoms in total. The number of H-pyrrole nitrogens is 1. The number of rotatable bonds is 3. The number of para-hydroxylation sites is 1. The maximum atomic E-state index is 13.9. The number of aromatic amines is 1. The van der Waals surface area contributed by atoms with Crippen LogP contribution in [0.2, 0.25) is 0 Å². The zero-order chi connectivity index (χ0) is 19.2. The standard InChI is InChI=1S/C16H15F3N6OS/c1-24-15(21-22-23-24)27-8-12(26)25-7-6-10-9-4-2-3-5-11(9)20-13(10)14(25)16(17,18)19/h2-5,14,20H,6-8H2,1H3/t14-/m1/s1. The minimum atomic E-state index is -4.58. The van der Waals surface area contributed by atoms with Gasteiger partial charge in [-0.2, -0.15) is 13.2 Å². The molecule has 142 valence electrons. The number of alkyl halides is 3. The minimum Gasteiger partial charge on any atom is -0.356 e. The molecule has 1 amide bonds. The Bertz CT molecular complexity index is 998. The molecule has 3 heterocycles. The van der Waals surface area contributed by atoms with Crippen molar-refractivity contribution in [2.45, 2.75) is 23.8 Å². The van der Waals surface area contributed by atoms with Crippen molar-refractivity contribution in [1.29, 1.82) is 0 Å². The van der Waals surface area contributed by atoms with E-state index in [2.05, 4.69) is 20.5 Å². The monoisotopic (exact) mass is 396 g/mol. The van der Waals surface area contributed by atoms with E-state index < -0.39 is 18.1 Å². The maximum Gasteiger partial charge on any atom is 0.414 e. The Hall–Kier alpha value is -2.56. The van der Waals surface area contributed by atoms with Crippen molar-refractivity contribution in [1.82, 2.24) is 30.1 Å². The van der Waals surface area contributed by atoms with E-state index in [4.69, 9.17) is 0 Å². The fraction of sp³-hybridized carbons (Fsp3) is 0.375. The number of carbonyl (C=O) groups is 1. The topological polar surface area (TPSA) is 79.7 Å². The number of halogens is 3. The Morgan fingerprint density at radius 1 is 1.37 bits per heavy atom. The summed E-state index contributed by atoms with van der Waals surface area (Å²) in [6.45, 7) is 0.00941. The number of aromatic nitrogens is 5. The normalized spacial score (nSPS) is 17.3. The smallest absolute Gasteiger partial charge is 0.356 e. The Morgan fingerprint density at radius 3 is 2.85 bits per heavy atom. The van der Waals surface area contributed by atoms with Crippen LogP contribution in [0.5, 0.6) is 0 Å². The van der Waals surface area contributed by atoms with E-state index in [1.807, 2.05) is 0 Å². The van der Waals surface area contributed by atoms with Crippen LogP contribution in [-0.2, 0) is 18.3 Å². The number of benzene rings is 1. The van der Waals surface area contributed by atoms with E-state index in [1.165, 1.54) is 4.68 Å². The maximum absolute atomic E-state index is 13.9. The summed E-state index contributed by atoms with van der Waals surface area (Å²) in [5.41, 5.74) is 1.32. The third-order valence-electron chi connectivity index (χ3n) is 4.57. The van der Waals surface area contributed by atoms with Gasteiger partial charge in [-0.1, -0.05) is 30.0 Å². The molecular weight excluding hydrogens is 381 g/mol. The third-order valence-corrected chi connectivity index (χ3v) is 5.57. The van der Waals surface area contributed by atoms with Gasteiger partial charge in [-0.15, -0.1) is 5.10 Å². The summed E-state index contributed by atoms with van der Waals surface area (Å²) in [5.74, 6) is -0.772. The van der Waals surface area contributed by atoms with E-state index in [1.54, 1.807) is 31.3 Å². The predicted octanol–water partition coefficient (Wildman–Crippen LogP) is 2.47. The average molecular weight is 396 g/mol. The van der Waals surface area contributed by atoms with Crippen LogP contribution in [0.4, 0.5) is 13.2 Å². The SMILES string of the molecule is Cn1nnnc1SCC(=O)N1CCc2c([nH]c3ccccc23)[C@@H]1C(F)(F)F. The highest BCUT2D eigenvalue weighted by Crippen LogP contribution is 2.43. The number of nitrogens with one attached hydrogen (secondary N) is 1. The molecule has 0 saturated carbocycles. The average Bonchev–Trinajstić information content (AvgIpc) is 3.20. The number of nitrogens with zero attached hydrogens (tertiary/aromatic N) is 5. The van der Waals surface area contributed by atoms with E-state index in [-0.39, 0.29) is 18.0 Å². The van der Waals surface area contributed by atoms with E-state index >= 15 is 0 Å². The van der Waals surface area contributed by atoms with Gasteiger partial charge in [-0.25, -0.2) is 4.68 Å². The Kier molecular flexibility index (Phi) is 4.33. The second-order valence-corrected chi connectivity index (χ2v) is 7.16. The molecule has 2 aromatic heterocycles. The number of thioether (sulfide) groups is 1. The first-order valence-electron chi connectivity index (χ1n) is 8.17. The van der Waals surface area contributed by atoms with Gasteiger partial charge in [0.05, 0.1) is 11.4 Å². The van der Waals surface area contributed by atoms with Crippen molar-refractivity contribution >= 4 is 28.6 Å². The quantitative estimate of drug-likeness (QED) is 0.688. The van der Waals surface area contributed by atoms with Gasteiger partial charge in [-0.05, 0) is 28.5 Å². The lowest BCUT2D eigenvalue weighted by molar-refractivity contribution is -0.193. The van der Waals surface area contributed by atoms with E-state index in [0.29, 0.717) is 22.7 Å². The fourth-order valence-corrected chi connectivity index (χ4v) is 4.14. The molecule has 1 aliphatic rings. The minimum absolute atomic E-state index is 0.00941. The molecule has 3 aromatic rings. The number of tetrazole rings is 1. The second kappa shape index (κ2) is 6.55. The Labute approximate surface area is 155 Å². The summed E-state index contributed by atoms with van der Waals surface area (Å²) in [5, 5.41) is 12.0. The summed E-state index contributed by atoms with van der Waals surface area (Å²) in [6, 6.07) is 5.11. The lowest BCUT2D eigenvalue weighted by Crippen LogP contribution is -2.47. The number of hydrogen-bond acceptors (Lipinski definition) is 5. The van der Waals surface area contributed by atoms with Crippen LogP contribution in [0, 0.1) is 0 Å². The molecule has 1 aromatic carbocycles. The molecule has 0 spiro atoms. The highest BCUT2D eigenvalue weighted by molar-refractivity contribution is 7.99. The van der Waals surface area contributed by atoms with Gasteiger partial charge in [0, 0.05) is 24.5 Å². The largest absolute Gasteiger partial charge is 0.414 e. The predicted molar refractivity (Wildman–Crippen MR) is 92.0 cm³/mol. The van der Waals surface area contributed by atoms with Gasteiger partial charge < -0.3 is 9.88 Å². The van der Waals surface area contributed by atoms with Crippen LogP contribution in [0.25, 0.3) is 10.9 Å². The van der Waals surface area contributed by atoms with Crippen LogP contribution in [0.1, 0.15) is 17.3 Å². The lowest BCUT2D eigenvalue weighted by Gasteiger charge is -2.36. The summed E-state index contributed by atoms with van der Waals surface area (Å²) in [7, 11) is 1.60. The van der Waals surface area contributed by atoms with Gasteiger partial charge in [0.1, 0.15) is 0 Å². The molecule has 0 aliphatic carbocycles. The van der Waals surface area contributed by atoms with Crippen LogP contribution >= 0.6 is 11.8 Å². The van der Waals surface area contributed by atoms with Crippen LogP contribution in [0.3, 0.4) is 0 Å². The molecular formula is C16H15F3N6OS. The van der Waals surface area contributed by atoms with Gasteiger partial charge in [0.15, 0.2) is 6.04 Å². The number of fused-ring (bicyclic) bond motifs is 3. The lowest BCUT2D eigenvalue weighted by atomic mass is 9.97. The first-order chi connectivity index (χ1) is 12.9. The number of carbonyl (C=O) groups excluding carboxylic acids is 1. The second-order valence-electron chi connectivity index (χ2n) is 6.22. The third kappa shape index (κ3) is 3.15. The summed E-state index contributed by atoms with van der Waals surface area (Å²) in [4.78, 5) is 16.4. The van der Waals surface area contributed by atoms with Crippen molar-refractivity contribution in [3.05, 3.63) is 35.5 Å². The van der Waals surface area contributed by atoms with Crippen LogP contribution in [-0.4, -0.2) is 54.5 Å².